The SMILES string of the molecule is CC(C)(C)C1=CCC(C)(C)c2cc(OCc3ccccc3)c(Nc3ccc(C(=O)O)cc3)cc21. The van der Waals surface area contributed by atoms with Gasteiger partial charge in [-0.05, 0) is 75.9 Å². The molecule has 4 heteroatoms. The first-order valence-electron chi connectivity index (χ1n) is 11.7. The number of anilines is 2. The van der Waals surface area contributed by atoms with Crippen LogP contribution in [0.2, 0.25) is 0 Å². The highest BCUT2D eigenvalue weighted by atomic mass is 16.5. The fourth-order valence-electron chi connectivity index (χ4n) is 4.45. The molecule has 3 aromatic rings. The Hall–Kier alpha value is -3.53. The Labute approximate surface area is 202 Å². The highest BCUT2D eigenvalue weighted by Crippen LogP contribution is 2.48. The minimum Gasteiger partial charge on any atom is -0.487 e. The lowest BCUT2D eigenvalue weighted by Gasteiger charge is -2.37. The lowest BCUT2D eigenvalue weighted by Crippen LogP contribution is -2.25. The molecule has 2 N–H and O–H groups in total. The van der Waals surface area contributed by atoms with Crippen LogP contribution in [0.4, 0.5) is 11.4 Å². The molecule has 34 heavy (non-hydrogen) atoms. The summed E-state index contributed by atoms with van der Waals surface area (Å²) in [4.78, 5) is 11.2. The number of carbonyl (C=O) groups is 1. The van der Waals surface area contributed by atoms with Gasteiger partial charge in [0.1, 0.15) is 12.4 Å². The molecule has 0 amide bonds. The van der Waals surface area contributed by atoms with Crippen molar-refractivity contribution in [3.05, 3.63) is 95.1 Å². The fourth-order valence-corrected chi connectivity index (χ4v) is 4.45. The first-order chi connectivity index (χ1) is 16.0. The largest absolute Gasteiger partial charge is 0.487 e. The molecule has 0 bridgehead atoms. The Morgan fingerprint density at radius 2 is 1.71 bits per heavy atom. The average molecular weight is 456 g/mol. The first-order valence-corrected chi connectivity index (χ1v) is 11.7. The van der Waals surface area contributed by atoms with E-state index in [4.69, 9.17) is 4.74 Å². The van der Waals surface area contributed by atoms with Crippen LogP contribution in [-0.2, 0) is 12.0 Å². The minimum absolute atomic E-state index is 0.00337. The molecule has 0 atom stereocenters. The molecule has 0 saturated heterocycles. The molecule has 4 rings (SSSR count). The summed E-state index contributed by atoms with van der Waals surface area (Å²) in [6, 6.07) is 21.3. The van der Waals surface area contributed by atoms with Crippen molar-refractivity contribution < 1.29 is 14.6 Å². The van der Waals surface area contributed by atoms with Crippen LogP contribution in [0.1, 0.15) is 68.1 Å². The number of hydrogen-bond donors (Lipinski definition) is 2. The Morgan fingerprint density at radius 3 is 2.32 bits per heavy atom. The van der Waals surface area contributed by atoms with Gasteiger partial charge in [-0.25, -0.2) is 4.79 Å². The van der Waals surface area contributed by atoms with Crippen molar-refractivity contribution in [2.75, 3.05) is 5.32 Å². The normalized spacial score (nSPS) is 14.7. The van der Waals surface area contributed by atoms with Gasteiger partial charge in [0.2, 0.25) is 0 Å². The maximum absolute atomic E-state index is 11.2. The number of ether oxygens (including phenoxy) is 1. The predicted octanol–water partition coefficient (Wildman–Crippen LogP) is 7.82. The van der Waals surface area contributed by atoms with Crippen LogP contribution in [0, 0.1) is 5.41 Å². The van der Waals surface area contributed by atoms with Gasteiger partial charge in [-0.3, -0.25) is 0 Å². The third kappa shape index (κ3) is 5.01. The summed E-state index contributed by atoms with van der Waals surface area (Å²) in [7, 11) is 0. The molecule has 0 aromatic heterocycles. The smallest absolute Gasteiger partial charge is 0.335 e. The maximum Gasteiger partial charge on any atom is 0.335 e. The van der Waals surface area contributed by atoms with Gasteiger partial charge in [-0.15, -0.1) is 0 Å². The second-order valence-corrected chi connectivity index (χ2v) is 10.6. The van der Waals surface area contributed by atoms with Crippen molar-refractivity contribution in [3.63, 3.8) is 0 Å². The zero-order valence-corrected chi connectivity index (χ0v) is 20.6. The Kier molecular flexibility index (Phi) is 6.26. The Balaban J connectivity index is 1.78. The van der Waals surface area contributed by atoms with Crippen molar-refractivity contribution in [1.29, 1.82) is 0 Å². The van der Waals surface area contributed by atoms with E-state index in [0.29, 0.717) is 6.61 Å². The molecule has 4 nitrogen and oxygen atoms in total. The van der Waals surface area contributed by atoms with E-state index in [2.05, 4.69) is 70.3 Å². The predicted molar refractivity (Wildman–Crippen MR) is 139 cm³/mol. The van der Waals surface area contributed by atoms with Crippen molar-refractivity contribution >= 4 is 22.9 Å². The monoisotopic (exact) mass is 455 g/mol. The van der Waals surface area contributed by atoms with Crippen LogP contribution in [-0.4, -0.2) is 11.1 Å². The van der Waals surface area contributed by atoms with Crippen molar-refractivity contribution in [3.8, 4) is 5.75 Å². The van der Waals surface area contributed by atoms with E-state index >= 15 is 0 Å². The number of carboxylic acids is 1. The van der Waals surface area contributed by atoms with Gasteiger partial charge >= 0.3 is 5.97 Å². The molecule has 1 aliphatic rings. The topological polar surface area (TPSA) is 58.6 Å². The third-order valence-electron chi connectivity index (χ3n) is 6.41. The van der Waals surface area contributed by atoms with Gasteiger partial charge in [0.05, 0.1) is 11.3 Å². The summed E-state index contributed by atoms with van der Waals surface area (Å²) in [5, 5.41) is 12.7. The van der Waals surface area contributed by atoms with E-state index in [1.54, 1.807) is 24.3 Å². The highest BCUT2D eigenvalue weighted by Gasteiger charge is 2.33. The van der Waals surface area contributed by atoms with E-state index < -0.39 is 5.97 Å². The number of aromatic carboxylic acids is 1. The van der Waals surface area contributed by atoms with Crippen molar-refractivity contribution in [2.45, 2.75) is 53.1 Å². The molecule has 1 aliphatic carbocycles. The van der Waals surface area contributed by atoms with E-state index in [0.717, 1.165) is 29.1 Å². The zero-order valence-electron chi connectivity index (χ0n) is 20.6. The van der Waals surface area contributed by atoms with Gasteiger partial charge < -0.3 is 15.2 Å². The standard InChI is InChI=1S/C30H33NO3/c1-29(2,3)24-15-16-30(4,5)25-18-27(34-19-20-9-7-6-8-10-20)26(17-23(24)25)31-22-13-11-21(12-14-22)28(32)33/h6-15,17-18,31H,16,19H2,1-5H3,(H,32,33). The van der Waals surface area contributed by atoms with Crippen LogP contribution >= 0.6 is 0 Å². The maximum atomic E-state index is 11.2. The van der Waals surface area contributed by atoms with Crippen molar-refractivity contribution in [2.24, 2.45) is 5.41 Å². The number of allylic oxidation sites excluding steroid dienone is 2. The number of nitrogens with one attached hydrogen (secondary N) is 1. The summed E-state index contributed by atoms with van der Waals surface area (Å²) in [5.74, 6) is -0.150. The van der Waals surface area contributed by atoms with Crippen molar-refractivity contribution in [1.82, 2.24) is 0 Å². The van der Waals surface area contributed by atoms with Gasteiger partial charge in [0.15, 0.2) is 0 Å². The number of carboxylic acid groups (broad SMARTS) is 1. The van der Waals surface area contributed by atoms with Crippen LogP contribution < -0.4 is 10.1 Å². The minimum atomic E-state index is -0.936. The van der Waals surface area contributed by atoms with Crippen LogP contribution in [0.3, 0.4) is 0 Å². The van der Waals surface area contributed by atoms with Gasteiger partial charge in [0, 0.05) is 5.69 Å². The molecule has 0 fully saturated rings. The van der Waals surface area contributed by atoms with Crippen LogP contribution in [0.15, 0.2) is 72.8 Å². The molecule has 0 heterocycles. The third-order valence-corrected chi connectivity index (χ3v) is 6.41. The van der Waals surface area contributed by atoms with Gasteiger partial charge in [-0.1, -0.05) is 71.0 Å². The number of rotatable bonds is 6. The van der Waals surface area contributed by atoms with E-state index in [1.165, 1.54) is 16.7 Å². The summed E-state index contributed by atoms with van der Waals surface area (Å²) < 4.78 is 6.36. The highest BCUT2D eigenvalue weighted by molar-refractivity contribution is 5.88. The molecule has 0 saturated carbocycles. The van der Waals surface area contributed by atoms with Gasteiger partial charge in [0.25, 0.3) is 0 Å². The molecule has 3 aromatic carbocycles. The molecule has 0 spiro atoms. The molecular weight excluding hydrogens is 422 g/mol. The number of benzene rings is 3. The Morgan fingerprint density at radius 1 is 1.03 bits per heavy atom. The second kappa shape index (κ2) is 9.02. The summed E-state index contributed by atoms with van der Waals surface area (Å²) in [5.41, 5.74) is 6.91. The molecule has 0 unspecified atom stereocenters. The molecule has 0 radical (unpaired) electrons. The van der Waals surface area contributed by atoms with E-state index in [9.17, 15) is 9.90 Å². The van der Waals surface area contributed by atoms with Gasteiger partial charge in [-0.2, -0.15) is 0 Å². The Bertz CT molecular complexity index is 1220. The molecule has 0 aliphatic heterocycles. The lowest BCUT2D eigenvalue weighted by molar-refractivity contribution is 0.0697. The molecular formula is C30H33NO3. The van der Waals surface area contributed by atoms with Crippen LogP contribution in [0.25, 0.3) is 5.57 Å². The number of fused-ring (bicyclic) bond motifs is 1. The first kappa shape index (κ1) is 23.6. The lowest BCUT2D eigenvalue weighted by atomic mass is 9.68. The molecule has 176 valence electrons. The second-order valence-electron chi connectivity index (χ2n) is 10.6. The summed E-state index contributed by atoms with van der Waals surface area (Å²) in [6.07, 6.45) is 3.35. The average Bonchev–Trinajstić information content (AvgIpc) is 2.78. The van der Waals surface area contributed by atoms with E-state index in [1.807, 2.05) is 18.2 Å². The summed E-state index contributed by atoms with van der Waals surface area (Å²) >= 11 is 0. The zero-order chi connectivity index (χ0) is 24.5. The summed E-state index contributed by atoms with van der Waals surface area (Å²) in [6.45, 7) is 11.8. The quantitative estimate of drug-likeness (QED) is 0.398. The van der Waals surface area contributed by atoms with Crippen LogP contribution in [0.5, 0.6) is 5.75 Å². The van der Waals surface area contributed by atoms with E-state index in [-0.39, 0.29) is 16.4 Å². The fraction of sp³-hybridized carbons (Fsp3) is 0.300. The number of hydrogen-bond acceptors (Lipinski definition) is 3.